The molecule has 5 nitrogen and oxygen atoms in total. The summed E-state index contributed by atoms with van der Waals surface area (Å²) in [6.07, 6.45) is 1.56. The van der Waals surface area contributed by atoms with Crippen LogP contribution in [0.3, 0.4) is 0 Å². The molecule has 0 unspecified atom stereocenters. The van der Waals surface area contributed by atoms with Gasteiger partial charge in [0.15, 0.2) is 5.82 Å². The number of rotatable bonds is 1. The Hall–Kier alpha value is -1.33. The molecular formula is C9H9ClN4O. The van der Waals surface area contributed by atoms with Crippen molar-refractivity contribution in [3.63, 3.8) is 0 Å². The second-order valence-electron chi connectivity index (χ2n) is 3.38. The van der Waals surface area contributed by atoms with Gasteiger partial charge in [-0.15, -0.1) is 10.2 Å². The van der Waals surface area contributed by atoms with Crippen LogP contribution in [0.4, 0.5) is 0 Å². The molecule has 0 amide bonds. The minimum Gasteiger partial charge on any atom is -0.452 e. The lowest BCUT2D eigenvalue weighted by Gasteiger charge is -2.15. The largest absolute Gasteiger partial charge is 0.452 e. The Bertz CT molecular complexity index is 490. The number of halogens is 1. The molecule has 15 heavy (non-hydrogen) atoms. The zero-order valence-corrected chi connectivity index (χ0v) is 8.66. The molecule has 0 saturated heterocycles. The predicted molar refractivity (Wildman–Crippen MR) is 54.4 cm³/mol. The topological polar surface area (TPSA) is 55.9 Å². The summed E-state index contributed by atoms with van der Waals surface area (Å²) in [6.45, 7) is 2.54. The molecule has 2 aromatic rings. The number of hydrogen-bond acceptors (Lipinski definition) is 4. The summed E-state index contributed by atoms with van der Waals surface area (Å²) in [5.41, 5.74) is 0.803. The zero-order chi connectivity index (χ0) is 10.3. The highest BCUT2D eigenvalue weighted by atomic mass is 35.5. The smallest absolute Gasteiger partial charge is 0.204 e. The number of aromatic nitrogens is 3. The van der Waals surface area contributed by atoms with Crippen LogP contribution in [-0.2, 0) is 13.1 Å². The quantitative estimate of drug-likeness (QED) is 0.793. The number of nitrogens with zero attached hydrogens (tertiary/aromatic N) is 3. The Morgan fingerprint density at radius 1 is 1.47 bits per heavy atom. The summed E-state index contributed by atoms with van der Waals surface area (Å²) in [5.74, 6) is 1.72. The van der Waals surface area contributed by atoms with E-state index in [1.807, 2.05) is 6.07 Å². The highest BCUT2D eigenvalue weighted by Crippen LogP contribution is 2.28. The molecule has 1 aliphatic heterocycles. The second-order valence-corrected chi connectivity index (χ2v) is 3.72. The first-order valence-corrected chi connectivity index (χ1v) is 5.10. The van der Waals surface area contributed by atoms with Crippen molar-refractivity contribution >= 4 is 11.6 Å². The molecule has 2 aromatic heterocycles. The normalized spacial score (nSPS) is 15.3. The van der Waals surface area contributed by atoms with E-state index in [9.17, 15) is 0 Å². The van der Waals surface area contributed by atoms with E-state index in [1.165, 1.54) is 0 Å². The Morgan fingerprint density at radius 3 is 3.20 bits per heavy atom. The van der Waals surface area contributed by atoms with Gasteiger partial charge in [-0.3, -0.25) is 0 Å². The van der Waals surface area contributed by atoms with E-state index in [0.29, 0.717) is 5.22 Å². The summed E-state index contributed by atoms with van der Waals surface area (Å²) in [7, 11) is 0. The van der Waals surface area contributed by atoms with Crippen LogP contribution in [0, 0.1) is 0 Å². The predicted octanol–water partition coefficient (Wildman–Crippen LogP) is 1.29. The Morgan fingerprint density at radius 2 is 2.40 bits per heavy atom. The van der Waals surface area contributed by atoms with E-state index in [0.717, 1.165) is 36.8 Å². The molecule has 0 radical (unpaired) electrons. The average molecular weight is 225 g/mol. The average Bonchev–Trinajstić information content (AvgIpc) is 2.83. The van der Waals surface area contributed by atoms with Crippen molar-refractivity contribution in [2.45, 2.75) is 13.1 Å². The van der Waals surface area contributed by atoms with Crippen molar-refractivity contribution in [3.05, 3.63) is 23.4 Å². The molecule has 1 aliphatic rings. The summed E-state index contributed by atoms with van der Waals surface area (Å²) in [5, 5.41) is 11.8. The molecule has 0 atom stereocenters. The van der Waals surface area contributed by atoms with E-state index in [4.69, 9.17) is 16.0 Å². The van der Waals surface area contributed by atoms with Gasteiger partial charge in [-0.25, -0.2) is 0 Å². The first-order valence-electron chi connectivity index (χ1n) is 4.72. The van der Waals surface area contributed by atoms with Crippen LogP contribution in [0.15, 0.2) is 16.7 Å². The molecule has 78 valence electrons. The minimum absolute atomic E-state index is 0.365. The van der Waals surface area contributed by atoms with E-state index in [1.54, 1.807) is 6.26 Å². The maximum atomic E-state index is 5.91. The van der Waals surface area contributed by atoms with Crippen LogP contribution in [0.1, 0.15) is 5.82 Å². The van der Waals surface area contributed by atoms with Crippen LogP contribution < -0.4 is 5.32 Å². The molecule has 0 bridgehead atoms. The lowest BCUT2D eigenvalue weighted by Crippen LogP contribution is -2.28. The molecular weight excluding hydrogens is 216 g/mol. The fraction of sp³-hybridized carbons (Fsp3) is 0.333. The van der Waals surface area contributed by atoms with Gasteiger partial charge in [0.05, 0.1) is 18.4 Å². The van der Waals surface area contributed by atoms with Gasteiger partial charge in [-0.05, 0) is 17.7 Å². The minimum atomic E-state index is 0.365. The molecule has 0 saturated carbocycles. The van der Waals surface area contributed by atoms with E-state index < -0.39 is 0 Å². The van der Waals surface area contributed by atoms with Gasteiger partial charge >= 0.3 is 0 Å². The van der Waals surface area contributed by atoms with Crippen LogP contribution in [0.5, 0.6) is 0 Å². The lowest BCUT2D eigenvalue weighted by molar-refractivity contribution is 0.508. The molecule has 6 heteroatoms. The van der Waals surface area contributed by atoms with Gasteiger partial charge in [0.2, 0.25) is 5.22 Å². The third-order valence-corrected chi connectivity index (χ3v) is 2.77. The van der Waals surface area contributed by atoms with Crippen LogP contribution in [0.2, 0.25) is 5.22 Å². The van der Waals surface area contributed by atoms with Crippen molar-refractivity contribution in [3.8, 4) is 11.4 Å². The van der Waals surface area contributed by atoms with E-state index in [-0.39, 0.29) is 0 Å². The zero-order valence-electron chi connectivity index (χ0n) is 7.90. The van der Waals surface area contributed by atoms with Crippen LogP contribution in [-0.4, -0.2) is 21.3 Å². The standard InChI is InChI=1S/C9H9ClN4O/c10-8-6(1-4-15-8)9-13-12-7-5-11-2-3-14(7)9/h1,4,11H,2-3,5H2. The summed E-state index contributed by atoms with van der Waals surface area (Å²) < 4.78 is 7.11. The fourth-order valence-corrected chi connectivity index (χ4v) is 1.94. The summed E-state index contributed by atoms with van der Waals surface area (Å²) >= 11 is 5.91. The highest BCUT2D eigenvalue weighted by molar-refractivity contribution is 6.31. The molecule has 3 heterocycles. The Labute approximate surface area is 91.1 Å². The molecule has 0 aliphatic carbocycles. The van der Waals surface area contributed by atoms with E-state index >= 15 is 0 Å². The summed E-state index contributed by atoms with van der Waals surface area (Å²) in [4.78, 5) is 0. The lowest BCUT2D eigenvalue weighted by atomic mass is 10.3. The fourth-order valence-electron chi connectivity index (χ4n) is 1.74. The van der Waals surface area contributed by atoms with Gasteiger partial charge in [0, 0.05) is 13.1 Å². The third-order valence-electron chi connectivity index (χ3n) is 2.48. The number of furan rings is 1. The second kappa shape index (κ2) is 3.36. The van der Waals surface area contributed by atoms with Crippen molar-refractivity contribution in [2.75, 3.05) is 6.54 Å². The Balaban J connectivity index is 2.13. The first kappa shape index (κ1) is 8.94. The van der Waals surface area contributed by atoms with Crippen molar-refractivity contribution in [1.82, 2.24) is 20.1 Å². The third kappa shape index (κ3) is 1.35. The van der Waals surface area contributed by atoms with Gasteiger partial charge in [0.25, 0.3) is 0 Å². The maximum Gasteiger partial charge on any atom is 0.204 e. The Kier molecular flexibility index (Phi) is 2.00. The van der Waals surface area contributed by atoms with Crippen LogP contribution >= 0.6 is 11.6 Å². The SMILES string of the molecule is Clc1occc1-c1nnc2n1CCNC2. The van der Waals surface area contributed by atoms with Gasteiger partial charge in [-0.1, -0.05) is 0 Å². The van der Waals surface area contributed by atoms with E-state index in [2.05, 4.69) is 20.1 Å². The van der Waals surface area contributed by atoms with Crippen molar-refractivity contribution in [1.29, 1.82) is 0 Å². The van der Waals surface area contributed by atoms with Gasteiger partial charge < -0.3 is 14.3 Å². The van der Waals surface area contributed by atoms with Gasteiger partial charge in [-0.2, -0.15) is 0 Å². The first-order chi connectivity index (χ1) is 7.36. The molecule has 0 spiro atoms. The maximum absolute atomic E-state index is 5.91. The summed E-state index contributed by atoms with van der Waals surface area (Å²) in [6, 6.07) is 1.81. The molecule has 0 aromatic carbocycles. The molecule has 3 rings (SSSR count). The van der Waals surface area contributed by atoms with Crippen molar-refractivity contribution < 1.29 is 4.42 Å². The monoisotopic (exact) mass is 224 g/mol. The highest BCUT2D eigenvalue weighted by Gasteiger charge is 2.19. The van der Waals surface area contributed by atoms with Crippen molar-refractivity contribution in [2.24, 2.45) is 0 Å². The number of nitrogens with one attached hydrogen (secondary N) is 1. The number of hydrogen-bond donors (Lipinski definition) is 1. The molecule has 0 fully saturated rings. The van der Waals surface area contributed by atoms with Crippen LogP contribution in [0.25, 0.3) is 11.4 Å². The van der Waals surface area contributed by atoms with Gasteiger partial charge in [0.1, 0.15) is 5.82 Å². The molecule has 1 N–H and O–H groups in total. The number of fused-ring (bicyclic) bond motifs is 1.